The number of aromatic amines is 1. The second-order valence-electron chi connectivity index (χ2n) is 6.44. The molecule has 5 N–H and O–H groups in total. The fraction of sp³-hybridized carbons (Fsp3) is 0.333. The number of hydrogen-bond acceptors (Lipinski definition) is 4. The van der Waals surface area contributed by atoms with Crippen molar-refractivity contribution < 1.29 is 14.7 Å². The summed E-state index contributed by atoms with van der Waals surface area (Å²) >= 11 is 12.1. The number of nitrogens with one attached hydrogen (secondary N) is 4. The molecule has 0 bridgehead atoms. The maximum absolute atomic E-state index is 12.6. The molecule has 3 rings (SSSR count). The molecule has 152 valence electrons. The van der Waals surface area contributed by atoms with Crippen LogP contribution in [0.4, 0.5) is 11.4 Å². The molecule has 0 aliphatic carbocycles. The molecule has 0 spiro atoms. The van der Waals surface area contributed by atoms with Crippen molar-refractivity contribution in [2.24, 2.45) is 0 Å². The lowest BCUT2D eigenvalue weighted by Crippen LogP contribution is -2.35. The average Bonchev–Trinajstić information content (AvgIpc) is 2.91. The van der Waals surface area contributed by atoms with Crippen LogP contribution in [0.3, 0.4) is 0 Å². The van der Waals surface area contributed by atoms with Crippen LogP contribution < -0.4 is 16.0 Å². The highest BCUT2D eigenvalue weighted by Gasteiger charge is 2.21. The summed E-state index contributed by atoms with van der Waals surface area (Å²) in [5.74, 6) is -1.48. The minimum absolute atomic E-state index is 0. The van der Waals surface area contributed by atoms with E-state index in [1.54, 1.807) is 13.0 Å². The van der Waals surface area contributed by atoms with Crippen molar-refractivity contribution in [1.29, 1.82) is 0 Å². The van der Waals surface area contributed by atoms with E-state index in [-0.39, 0.29) is 34.7 Å². The third-order valence-electron chi connectivity index (χ3n) is 4.49. The number of amides is 1. The summed E-state index contributed by atoms with van der Waals surface area (Å²) < 4.78 is 0. The number of aryl methyl sites for hydroxylation is 1. The van der Waals surface area contributed by atoms with Crippen LogP contribution in [-0.2, 0) is 0 Å². The first kappa shape index (κ1) is 22.4. The number of halogens is 3. The Bertz CT molecular complexity index is 879. The van der Waals surface area contributed by atoms with E-state index in [2.05, 4.69) is 20.9 Å². The Labute approximate surface area is 178 Å². The second kappa shape index (κ2) is 9.52. The average molecular weight is 448 g/mol. The molecular weight excluding hydrogens is 427 g/mol. The van der Waals surface area contributed by atoms with E-state index in [1.165, 1.54) is 12.1 Å². The van der Waals surface area contributed by atoms with Crippen molar-refractivity contribution in [2.75, 3.05) is 23.7 Å². The van der Waals surface area contributed by atoms with Crippen molar-refractivity contribution in [1.82, 2.24) is 10.3 Å². The van der Waals surface area contributed by atoms with E-state index >= 15 is 0 Å². The maximum Gasteiger partial charge on any atom is 0.335 e. The van der Waals surface area contributed by atoms with Crippen molar-refractivity contribution in [3.63, 3.8) is 0 Å². The summed E-state index contributed by atoms with van der Waals surface area (Å²) in [4.78, 5) is 26.8. The van der Waals surface area contributed by atoms with Crippen LogP contribution in [-0.4, -0.2) is 41.1 Å². The predicted octanol–water partition coefficient (Wildman–Crippen LogP) is 4.17. The Morgan fingerprint density at radius 2 is 1.82 bits per heavy atom. The van der Waals surface area contributed by atoms with Gasteiger partial charge in [-0.3, -0.25) is 4.79 Å². The summed E-state index contributed by atoms with van der Waals surface area (Å²) in [6.45, 7) is 3.48. The Hall–Kier alpha value is -1.93. The first-order chi connectivity index (χ1) is 12.9. The number of aromatic nitrogens is 1. The summed E-state index contributed by atoms with van der Waals surface area (Å²) in [6.07, 6.45) is 1.81. The number of anilines is 2. The summed E-state index contributed by atoms with van der Waals surface area (Å²) in [5, 5.41) is 19.1. The molecule has 1 fully saturated rings. The van der Waals surface area contributed by atoms with Crippen LogP contribution in [0.1, 0.15) is 39.4 Å². The molecule has 1 amide bonds. The van der Waals surface area contributed by atoms with Crippen molar-refractivity contribution in [3.8, 4) is 0 Å². The van der Waals surface area contributed by atoms with Gasteiger partial charge in [0.05, 0.1) is 27.0 Å². The summed E-state index contributed by atoms with van der Waals surface area (Å²) in [5.41, 5.74) is 1.93. The van der Waals surface area contributed by atoms with Gasteiger partial charge in [-0.15, -0.1) is 12.4 Å². The van der Waals surface area contributed by atoms with E-state index in [1.807, 2.05) is 0 Å². The Kier molecular flexibility index (Phi) is 7.60. The standard InChI is InChI=1S/C18H20Cl2N4O3.ClH/c1-9-14(19)15(20)16(22-9)17(25)24-12-3-2-10(18(26)27)8-13(12)23-11-4-6-21-7-5-11;/h2-3,8,11,21-23H,4-7H2,1H3,(H,24,25)(H,26,27);1H. The number of benzene rings is 1. The molecule has 10 heteroatoms. The number of carbonyl (C=O) groups is 2. The molecule has 2 aromatic rings. The number of carboxylic acids is 1. The molecule has 0 saturated carbocycles. The van der Waals surface area contributed by atoms with Gasteiger partial charge in [-0.25, -0.2) is 4.79 Å². The van der Waals surface area contributed by atoms with Crippen molar-refractivity contribution in [2.45, 2.75) is 25.8 Å². The Morgan fingerprint density at radius 1 is 1.14 bits per heavy atom. The molecular formula is C18H21Cl3N4O3. The van der Waals surface area contributed by atoms with Crippen molar-refractivity contribution >= 4 is 58.9 Å². The van der Waals surface area contributed by atoms with Gasteiger partial charge in [0.2, 0.25) is 0 Å². The third-order valence-corrected chi connectivity index (χ3v) is 5.44. The quantitative estimate of drug-likeness (QED) is 0.473. The lowest BCUT2D eigenvalue weighted by molar-refractivity contribution is 0.0696. The summed E-state index contributed by atoms with van der Waals surface area (Å²) in [6, 6.07) is 4.72. The number of carbonyl (C=O) groups excluding carboxylic acids is 1. The van der Waals surface area contributed by atoms with E-state index in [4.69, 9.17) is 23.2 Å². The zero-order chi connectivity index (χ0) is 19.6. The van der Waals surface area contributed by atoms with Gasteiger partial charge >= 0.3 is 5.97 Å². The normalized spacial score (nSPS) is 14.2. The number of hydrogen-bond donors (Lipinski definition) is 5. The maximum atomic E-state index is 12.6. The molecule has 1 aliphatic rings. The highest BCUT2D eigenvalue weighted by molar-refractivity contribution is 6.44. The number of rotatable bonds is 5. The molecule has 1 aromatic carbocycles. The van der Waals surface area contributed by atoms with Gasteiger partial charge in [0.15, 0.2) is 0 Å². The fourth-order valence-electron chi connectivity index (χ4n) is 3.00. The van der Waals surface area contributed by atoms with Crippen molar-refractivity contribution in [3.05, 3.63) is 45.2 Å². The van der Waals surface area contributed by atoms with E-state index in [0.717, 1.165) is 25.9 Å². The largest absolute Gasteiger partial charge is 0.478 e. The van der Waals surface area contributed by atoms with Crippen LogP contribution in [0.25, 0.3) is 0 Å². The Balaban J connectivity index is 0.00000280. The van der Waals surface area contributed by atoms with Gasteiger partial charge in [0, 0.05) is 11.7 Å². The molecule has 2 heterocycles. The number of piperidine rings is 1. The smallest absolute Gasteiger partial charge is 0.335 e. The van der Waals surface area contributed by atoms with Crippen LogP contribution in [0.2, 0.25) is 10.0 Å². The topological polar surface area (TPSA) is 106 Å². The molecule has 0 unspecified atom stereocenters. The monoisotopic (exact) mass is 446 g/mol. The minimum Gasteiger partial charge on any atom is -0.478 e. The molecule has 1 aliphatic heterocycles. The van der Waals surface area contributed by atoms with Crippen LogP contribution in [0.15, 0.2) is 18.2 Å². The lowest BCUT2D eigenvalue weighted by Gasteiger charge is -2.26. The number of carboxylic acid groups (broad SMARTS) is 1. The third kappa shape index (κ3) is 4.91. The zero-order valence-electron chi connectivity index (χ0n) is 15.1. The minimum atomic E-state index is -1.03. The molecule has 1 aromatic heterocycles. The number of aromatic carboxylic acids is 1. The highest BCUT2D eigenvalue weighted by atomic mass is 35.5. The molecule has 1 saturated heterocycles. The van der Waals surface area contributed by atoms with Crippen LogP contribution >= 0.6 is 35.6 Å². The molecule has 0 radical (unpaired) electrons. The lowest BCUT2D eigenvalue weighted by atomic mass is 10.1. The number of H-pyrrole nitrogens is 1. The first-order valence-corrected chi connectivity index (χ1v) is 9.32. The SMILES string of the molecule is Cc1[nH]c(C(=O)Nc2ccc(C(=O)O)cc2NC2CCNCC2)c(Cl)c1Cl.Cl. The van der Waals surface area contributed by atoms with E-state index < -0.39 is 11.9 Å². The van der Waals surface area contributed by atoms with E-state index in [9.17, 15) is 14.7 Å². The highest BCUT2D eigenvalue weighted by Crippen LogP contribution is 2.31. The van der Waals surface area contributed by atoms with Gasteiger partial charge in [-0.05, 0) is 51.1 Å². The van der Waals surface area contributed by atoms with Gasteiger partial charge in [-0.1, -0.05) is 23.2 Å². The molecule has 28 heavy (non-hydrogen) atoms. The zero-order valence-corrected chi connectivity index (χ0v) is 17.4. The second-order valence-corrected chi connectivity index (χ2v) is 7.20. The predicted molar refractivity (Wildman–Crippen MR) is 114 cm³/mol. The summed E-state index contributed by atoms with van der Waals surface area (Å²) in [7, 11) is 0. The van der Waals surface area contributed by atoms with Gasteiger partial charge in [0.25, 0.3) is 5.91 Å². The van der Waals surface area contributed by atoms with Gasteiger partial charge in [-0.2, -0.15) is 0 Å². The first-order valence-electron chi connectivity index (χ1n) is 8.56. The fourth-order valence-corrected chi connectivity index (χ4v) is 3.42. The molecule has 7 nitrogen and oxygen atoms in total. The van der Waals surface area contributed by atoms with E-state index in [0.29, 0.717) is 22.1 Å². The van der Waals surface area contributed by atoms with Crippen LogP contribution in [0.5, 0.6) is 0 Å². The van der Waals surface area contributed by atoms with Gasteiger partial charge < -0.3 is 26.0 Å². The molecule has 0 atom stereocenters. The van der Waals surface area contributed by atoms with Gasteiger partial charge in [0.1, 0.15) is 5.69 Å². The van der Waals surface area contributed by atoms with Crippen LogP contribution in [0, 0.1) is 6.92 Å². The Morgan fingerprint density at radius 3 is 2.39 bits per heavy atom.